The third kappa shape index (κ3) is 2.61. The van der Waals surface area contributed by atoms with E-state index in [4.69, 9.17) is 10.8 Å². The van der Waals surface area contributed by atoms with Crippen LogP contribution in [0.5, 0.6) is 0 Å². The van der Waals surface area contributed by atoms with Crippen molar-refractivity contribution < 1.29 is 27.5 Å². The molecule has 0 fully saturated rings. The van der Waals surface area contributed by atoms with E-state index in [0.29, 0.717) is 0 Å². The third-order valence-corrected chi connectivity index (χ3v) is 2.66. The van der Waals surface area contributed by atoms with Gasteiger partial charge in [-0.2, -0.15) is 13.2 Å². The highest BCUT2D eigenvalue weighted by molar-refractivity contribution is 5.80. The van der Waals surface area contributed by atoms with Crippen molar-refractivity contribution in [2.45, 2.75) is 25.1 Å². The molecule has 0 radical (unpaired) electrons. The van der Waals surface area contributed by atoms with E-state index in [1.807, 2.05) is 0 Å². The molecule has 3 nitrogen and oxygen atoms in total. The minimum atomic E-state index is -5.10. The summed E-state index contributed by atoms with van der Waals surface area (Å²) in [5.41, 5.74) is 1.82. The van der Waals surface area contributed by atoms with Crippen LogP contribution >= 0.6 is 0 Å². The summed E-state index contributed by atoms with van der Waals surface area (Å²) in [4.78, 5) is 10.7. The van der Waals surface area contributed by atoms with Crippen molar-refractivity contribution in [3.05, 3.63) is 35.1 Å². The van der Waals surface area contributed by atoms with Gasteiger partial charge in [-0.25, -0.2) is 9.18 Å². The van der Waals surface area contributed by atoms with E-state index < -0.39 is 29.9 Å². The molecule has 3 N–H and O–H groups in total. The minimum Gasteiger partial charge on any atom is -0.480 e. The van der Waals surface area contributed by atoms with E-state index in [2.05, 4.69) is 0 Å². The summed E-state index contributed by atoms with van der Waals surface area (Å²) in [7, 11) is 0. The summed E-state index contributed by atoms with van der Waals surface area (Å²) >= 11 is 0. The fourth-order valence-corrected chi connectivity index (χ4v) is 1.46. The molecule has 0 bridgehead atoms. The summed E-state index contributed by atoms with van der Waals surface area (Å²) in [5.74, 6) is -2.78. The fourth-order valence-electron chi connectivity index (χ4n) is 1.46. The smallest absolute Gasteiger partial charge is 0.417 e. The van der Waals surface area contributed by atoms with Crippen LogP contribution in [0.25, 0.3) is 0 Å². The van der Waals surface area contributed by atoms with E-state index in [-0.39, 0.29) is 11.1 Å². The number of rotatable bonds is 3. The van der Waals surface area contributed by atoms with Crippen molar-refractivity contribution in [1.29, 1.82) is 0 Å². The van der Waals surface area contributed by atoms with E-state index in [0.717, 1.165) is 18.2 Å². The maximum Gasteiger partial charge on any atom is 0.417 e. The van der Waals surface area contributed by atoms with Gasteiger partial charge in [-0.1, -0.05) is 6.07 Å². The topological polar surface area (TPSA) is 63.3 Å². The number of carbonyl (C=O) groups is 1. The standard InChI is InChI=1S/C11H11F4NO2/c1-6-4-8(12)3-2-7(6)5-10(16,9(17)18)11(13,14)15/h2-4H,5,16H2,1H3,(H,17,18). The zero-order valence-electron chi connectivity index (χ0n) is 9.38. The molecular formula is C11H11F4NO2. The molecule has 0 aliphatic carbocycles. The van der Waals surface area contributed by atoms with Crippen LogP contribution in [0, 0.1) is 12.7 Å². The summed E-state index contributed by atoms with van der Waals surface area (Å²) in [6, 6.07) is 3.08. The van der Waals surface area contributed by atoms with Crippen LogP contribution in [0.2, 0.25) is 0 Å². The van der Waals surface area contributed by atoms with Gasteiger partial charge in [0.05, 0.1) is 0 Å². The van der Waals surface area contributed by atoms with Crippen LogP contribution in [-0.2, 0) is 11.2 Å². The van der Waals surface area contributed by atoms with Crippen LogP contribution < -0.4 is 5.73 Å². The lowest BCUT2D eigenvalue weighted by Gasteiger charge is -2.27. The van der Waals surface area contributed by atoms with Gasteiger partial charge < -0.3 is 10.8 Å². The number of alkyl halides is 3. The molecule has 7 heteroatoms. The molecule has 0 saturated heterocycles. The predicted octanol–water partition coefficient (Wildman–Crippen LogP) is 2.02. The molecule has 1 unspecified atom stereocenters. The van der Waals surface area contributed by atoms with Gasteiger partial charge in [0.2, 0.25) is 5.54 Å². The average molecular weight is 265 g/mol. The van der Waals surface area contributed by atoms with Crippen LogP contribution in [0.15, 0.2) is 18.2 Å². The van der Waals surface area contributed by atoms with E-state index >= 15 is 0 Å². The number of hydrogen-bond acceptors (Lipinski definition) is 2. The maximum atomic E-state index is 12.8. The molecule has 0 saturated carbocycles. The Hall–Kier alpha value is -1.63. The highest BCUT2D eigenvalue weighted by Gasteiger charge is 2.58. The minimum absolute atomic E-state index is 0.0404. The van der Waals surface area contributed by atoms with Crippen LogP contribution in [0.1, 0.15) is 11.1 Å². The largest absolute Gasteiger partial charge is 0.480 e. The fraction of sp³-hybridized carbons (Fsp3) is 0.364. The van der Waals surface area contributed by atoms with Crippen LogP contribution in [-0.4, -0.2) is 22.8 Å². The molecule has 18 heavy (non-hydrogen) atoms. The lowest BCUT2D eigenvalue weighted by atomic mass is 9.89. The number of aryl methyl sites for hydroxylation is 1. The number of carboxylic acids is 1. The molecular weight excluding hydrogens is 254 g/mol. The zero-order valence-corrected chi connectivity index (χ0v) is 9.38. The van der Waals surface area contributed by atoms with Crippen LogP contribution in [0.3, 0.4) is 0 Å². The van der Waals surface area contributed by atoms with Gasteiger partial charge in [-0.05, 0) is 30.2 Å². The molecule has 0 heterocycles. The van der Waals surface area contributed by atoms with Crippen molar-refractivity contribution in [2.24, 2.45) is 5.73 Å². The van der Waals surface area contributed by atoms with Gasteiger partial charge in [0, 0.05) is 6.42 Å². The Morgan fingerprint density at radius 1 is 1.39 bits per heavy atom. The first-order valence-electron chi connectivity index (χ1n) is 4.92. The molecule has 1 rings (SSSR count). The Morgan fingerprint density at radius 2 is 1.94 bits per heavy atom. The highest BCUT2D eigenvalue weighted by atomic mass is 19.4. The first-order chi connectivity index (χ1) is 8.08. The number of hydrogen-bond donors (Lipinski definition) is 2. The number of halogens is 4. The Morgan fingerprint density at radius 3 is 2.33 bits per heavy atom. The molecule has 0 amide bonds. The zero-order chi connectivity index (χ0) is 14.1. The summed E-state index contributed by atoms with van der Waals surface area (Å²) in [5, 5.41) is 8.66. The number of benzene rings is 1. The quantitative estimate of drug-likeness (QED) is 0.822. The van der Waals surface area contributed by atoms with Crippen molar-refractivity contribution >= 4 is 5.97 Å². The number of nitrogens with two attached hydrogens (primary N) is 1. The SMILES string of the molecule is Cc1cc(F)ccc1CC(N)(C(=O)O)C(F)(F)F. The van der Waals surface area contributed by atoms with E-state index in [1.54, 1.807) is 0 Å². The highest BCUT2D eigenvalue weighted by Crippen LogP contribution is 2.32. The first-order valence-corrected chi connectivity index (χ1v) is 4.92. The molecule has 0 aliphatic rings. The average Bonchev–Trinajstić information content (AvgIpc) is 2.20. The summed E-state index contributed by atoms with van der Waals surface area (Å²) in [6.07, 6.45) is -6.04. The monoisotopic (exact) mass is 265 g/mol. The summed E-state index contributed by atoms with van der Waals surface area (Å²) < 4.78 is 50.8. The number of carboxylic acid groups (broad SMARTS) is 1. The Balaban J connectivity index is 3.17. The van der Waals surface area contributed by atoms with E-state index in [9.17, 15) is 22.4 Å². The second-order valence-corrected chi connectivity index (χ2v) is 4.02. The van der Waals surface area contributed by atoms with Crippen molar-refractivity contribution in [3.63, 3.8) is 0 Å². The first kappa shape index (κ1) is 14.4. The van der Waals surface area contributed by atoms with Gasteiger partial charge in [-0.3, -0.25) is 0 Å². The Bertz CT molecular complexity index is 473. The van der Waals surface area contributed by atoms with Crippen LogP contribution in [0.4, 0.5) is 17.6 Å². The molecule has 1 aromatic carbocycles. The Labute approximate surface area is 100 Å². The van der Waals surface area contributed by atoms with Crippen molar-refractivity contribution in [1.82, 2.24) is 0 Å². The molecule has 0 spiro atoms. The predicted molar refractivity (Wildman–Crippen MR) is 55.5 cm³/mol. The second kappa shape index (κ2) is 4.56. The molecule has 0 aliphatic heterocycles. The lowest BCUT2D eigenvalue weighted by Crippen LogP contribution is -2.61. The van der Waals surface area contributed by atoms with Gasteiger partial charge in [0.15, 0.2) is 0 Å². The normalized spacial score (nSPS) is 15.2. The van der Waals surface area contributed by atoms with Gasteiger partial charge in [0.1, 0.15) is 5.82 Å². The molecule has 0 aromatic heterocycles. The third-order valence-electron chi connectivity index (χ3n) is 2.66. The molecule has 1 atom stereocenters. The van der Waals surface area contributed by atoms with Gasteiger partial charge in [0.25, 0.3) is 0 Å². The van der Waals surface area contributed by atoms with E-state index in [1.165, 1.54) is 6.92 Å². The van der Waals surface area contributed by atoms with Crippen molar-refractivity contribution in [2.75, 3.05) is 0 Å². The molecule has 100 valence electrons. The summed E-state index contributed by atoms with van der Waals surface area (Å²) in [6.45, 7) is 1.39. The number of aliphatic carboxylic acids is 1. The second-order valence-electron chi connectivity index (χ2n) is 4.02. The van der Waals surface area contributed by atoms with Crippen molar-refractivity contribution in [3.8, 4) is 0 Å². The molecule has 1 aromatic rings. The maximum absolute atomic E-state index is 12.8. The van der Waals surface area contributed by atoms with Gasteiger partial charge >= 0.3 is 12.1 Å². The lowest BCUT2D eigenvalue weighted by molar-refractivity contribution is -0.201. The van der Waals surface area contributed by atoms with Gasteiger partial charge in [-0.15, -0.1) is 0 Å². The Kier molecular flexibility index (Phi) is 3.66.